The number of carbonyl (C=O) groups is 1. The van der Waals surface area contributed by atoms with E-state index in [4.69, 9.17) is 28.2 Å². The molecule has 0 spiro atoms. The molecule has 0 radical (unpaired) electrons. The predicted molar refractivity (Wildman–Crippen MR) is 154 cm³/mol. The molecular formula is C28H43N3O8S. The quantitative estimate of drug-likeness (QED) is 0.139. The Labute approximate surface area is 240 Å². The number of hydrogen-bond donors (Lipinski definition) is 1. The lowest BCUT2D eigenvalue weighted by Crippen LogP contribution is -2.45. The zero-order chi connectivity index (χ0) is 28.8. The van der Waals surface area contributed by atoms with Gasteiger partial charge in [0, 0.05) is 18.4 Å². The number of hydrogen-bond acceptors (Lipinski definition) is 11. The second kappa shape index (κ2) is 16.8. The molecule has 0 aromatic carbocycles. The highest BCUT2D eigenvalue weighted by Crippen LogP contribution is 2.32. The Bertz CT molecular complexity index is 1060. The summed E-state index contributed by atoms with van der Waals surface area (Å²) >= 11 is 1.45. The predicted octanol–water partition coefficient (Wildman–Crippen LogP) is 3.75. The number of oxime groups is 1. The molecule has 1 aromatic rings. The highest BCUT2D eigenvalue weighted by atomic mass is 32.2. The zero-order valence-corrected chi connectivity index (χ0v) is 24.9. The van der Waals surface area contributed by atoms with Crippen LogP contribution in [0.2, 0.25) is 0 Å². The molecule has 1 fully saturated rings. The van der Waals surface area contributed by atoms with Gasteiger partial charge in [0.25, 0.3) is 0 Å². The summed E-state index contributed by atoms with van der Waals surface area (Å²) < 4.78 is 27.3. The second-order valence-electron chi connectivity index (χ2n) is 9.99. The maximum Gasteiger partial charge on any atom is 0.339 e. The largest absolute Gasteiger partial charge is 0.493 e. The fourth-order valence-corrected chi connectivity index (χ4v) is 4.90. The molecule has 2 aliphatic rings. The SMILES string of the molecule is CCCC(NC(=O)C1(C)CSC(C(C)=NOCCOCCOCCOCC)=N1)c1cc(OCC2CC2)cc(=O)o1. The standard InChI is InChI=1S/C28H43N3O8S/c1-5-7-23(24-16-22(17-25(32)39-24)37-18-21-8-9-21)29-27(33)28(4)19-40-26(30-28)20(3)31-38-15-14-36-13-12-35-11-10-34-6-2/h16-17,21,23H,5-15,18-19H2,1-4H3,(H,29,33). The fraction of sp³-hybridized carbons (Fsp3) is 0.714. The van der Waals surface area contributed by atoms with Crippen molar-refractivity contribution in [2.75, 3.05) is 58.6 Å². The molecule has 2 atom stereocenters. The number of aliphatic imine (C=N–C) groups is 1. The van der Waals surface area contributed by atoms with Gasteiger partial charge in [-0.1, -0.05) is 18.5 Å². The van der Waals surface area contributed by atoms with Crippen molar-refractivity contribution < 1.29 is 33.0 Å². The summed E-state index contributed by atoms with van der Waals surface area (Å²) in [5.74, 6) is 1.63. The summed E-state index contributed by atoms with van der Waals surface area (Å²) in [6, 6.07) is 2.58. The van der Waals surface area contributed by atoms with Crippen molar-refractivity contribution in [1.29, 1.82) is 0 Å². The van der Waals surface area contributed by atoms with Crippen LogP contribution >= 0.6 is 11.8 Å². The van der Waals surface area contributed by atoms with Gasteiger partial charge in [-0.05, 0) is 46.0 Å². The molecule has 224 valence electrons. The minimum absolute atomic E-state index is 0.244. The van der Waals surface area contributed by atoms with Crippen LogP contribution in [0.1, 0.15) is 65.2 Å². The third-order valence-corrected chi connectivity index (χ3v) is 7.64. The van der Waals surface area contributed by atoms with E-state index in [-0.39, 0.29) is 5.91 Å². The van der Waals surface area contributed by atoms with Gasteiger partial charge in [0.05, 0.1) is 51.7 Å². The van der Waals surface area contributed by atoms with Crippen LogP contribution in [0, 0.1) is 5.92 Å². The van der Waals surface area contributed by atoms with Crippen molar-refractivity contribution in [2.24, 2.45) is 16.1 Å². The highest BCUT2D eigenvalue weighted by molar-refractivity contribution is 8.16. The molecule has 1 aliphatic carbocycles. The first-order chi connectivity index (χ1) is 19.3. The first-order valence-corrected chi connectivity index (χ1v) is 15.0. The maximum absolute atomic E-state index is 13.4. The summed E-state index contributed by atoms with van der Waals surface area (Å²) in [4.78, 5) is 35.6. The minimum Gasteiger partial charge on any atom is -0.493 e. The topological polar surface area (TPSA) is 130 Å². The summed E-state index contributed by atoms with van der Waals surface area (Å²) in [7, 11) is 0. The van der Waals surface area contributed by atoms with Gasteiger partial charge in [0.2, 0.25) is 5.91 Å². The number of amides is 1. The molecule has 2 heterocycles. The van der Waals surface area contributed by atoms with Crippen LogP contribution in [0.4, 0.5) is 0 Å². The Morgan fingerprint density at radius 2 is 1.85 bits per heavy atom. The van der Waals surface area contributed by atoms with Crippen molar-refractivity contribution in [1.82, 2.24) is 5.32 Å². The number of thioether (sulfide) groups is 1. The Kier molecular flexibility index (Phi) is 13.5. The molecule has 1 aliphatic heterocycles. The summed E-state index contributed by atoms with van der Waals surface area (Å²) in [5.41, 5.74) is -0.892. The number of nitrogens with one attached hydrogen (secondary N) is 1. The van der Waals surface area contributed by atoms with Crippen LogP contribution in [0.3, 0.4) is 0 Å². The Morgan fingerprint density at radius 3 is 2.52 bits per heavy atom. The molecule has 12 heteroatoms. The molecule has 1 saturated carbocycles. The van der Waals surface area contributed by atoms with Crippen LogP contribution in [0.15, 0.2) is 31.5 Å². The average molecular weight is 582 g/mol. The Balaban J connectivity index is 1.48. The smallest absolute Gasteiger partial charge is 0.339 e. The normalized spacial score (nSPS) is 19.8. The van der Waals surface area contributed by atoms with Crippen molar-refractivity contribution in [3.8, 4) is 5.75 Å². The molecule has 1 amide bonds. The van der Waals surface area contributed by atoms with Gasteiger partial charge in [0.1, 0.15) is 34.4 Å². The minimum atomic E-state index is -0.992. The van der Waals surface area contributed by atoms with E-state index >= 15 is 0 Å². The van der Waals surface area contributed by atoms with Gasteiger partial charge in [-0.25, -0.2) is 4.79 Å². The van der Waals surface area contributed by atoms with Gasteiger partial charge >= 0.3 is 5.63 Å². The van der Waals surface area contributed by atoms with Crippen LogP contribution in [-0.2, 0) is 23.8 Å². The number of carbonyl (C=O) groups excluding carboxylic acids is 1. The Morgan fingerprint density at radius 1 is 1.15 bits per heavy atom. The van der Waals surface area contributed by atoms with Crippen molar-refractivity contribution in [3.63, 3.8) is 0 Å². The second-order valence-corrected chi connectivity index (χ2v) is 11.0. The van der Waals surface area contributed by atoms with Gasteiger partial charge in [-0.15, -0.1) is 11.8 Å². The summed E-state index contributed by atoms with van der Waals surface area (Å²) in [6.07, 6.45) is 3.70. The fourth-order valence-electron chi connectivity index (χ4n) is 3.78. The van der Waals surface area contributed by atoms with Crippen LogP contribution in [-0.4, -0.2) is 80.8 Å². The average Bonchev–Trinajstić information content (AvgIpc) is 3.68. The highest BCUT2D eigenvalue weighted by Gasteiger charge is 2.40. The maximum atomic E-state index is 13.4. The lowest BCUT2D eigenvalue weighted by molar-refractivity contribution is -0.125. The summed E-state index contributed by atoms with van der Waals surface area (Å²) in [6.45, 7) is 11.6. The monoisotopic (exact) mass is 581 g/mol. The lowest BCUT2D eigenvalue weighted by Gasteiger charge is -2.24. The van der Waals surface area contributed by atoms with Gasteiger partial charge in [-0.3, -0.25) is 9.79 Å². The molecule has 2 unspecified atom stereocenters. The van der Waals surface area contributed by atoms with E-state index in [1.54, 1.807) is 19.9 Å². The van der Waals surface area contributed by atoms with Gasteiger partial charge < -0.3 is 33.5 Å². The third-order valence-electron chi connectivity index (χ3n) is 6.28. The van der Waals surface area contributed by atoms with E-state index in [0.29, 0.717) is 93.2 Å². The molecule has 1 aromatic heterocycles. The van der Waals surface area contributed by atoms with Crippen LogP contribution < -0.4 is 15.7 Å². The molecule has 40 heavy (non-hydrogen) atoms. The Hall–Kier alpha value is -2.41. The molecule has 0 bridgehead atoms. The lowest BCUT2D eigenvalue weighted by atomic mass is 10.0. The van der Waals surface area contributed by atoms with E-state index in [9.17, 15) is 9.59 Å². The zero-order valence-electron chi connectivity index (χ0n) is 24.1. The van der Waals surface area contributed by atoms with Crippen molar-refractivity contribution in [2.45, 2.75) is 65.0 Å². The van der Waals surface area contributed by atoms with E-state index in [0.717, 1.165) is 19.3 Å². The van der Waals surface area contributed by atoms with E-state index in [2.05, 4.69) is 15.5 Å². The number of nitrogens with zero attached hydrogens (tertiary/aromatic N) is 2. The molecular weight excluding hydrogens is 538 g/mol. The molecule has 1 N–H and O–H groups in total. The van der Waals surface area contributed by atoms with Crippen LogP contribution in [0.25, 0.3) is 0 Å². The first kappa shape index (κ1) is 32.1. The van der Waals surface area contributed by atoms with E-state index < -0.39 is 17.2 Å². The molecule has 0 saturated heterocycles. The third kappa shape index (κ3) is 10.9. The van der Waals surface area contributed by atoms with Crippen molar-refractivity contribution in [3.05, 3.63) is 28.3 Å². The van der Waals surface area contributed by atoms with Crippen molar-refractivity contribution >= 4 is 28.4 Å². The molecule has 11 nitrogen and oxygen atoms in total. The van der Waals surface area contributed by atoms with E-state index in [1.807, 2.05) is 13.8 Å². The number of rotatable bonds is 20. The van der Waals surface area contributed by atoms with Gasteiger partial charge in [-0.2, -0.15) is 0 Å². The van der Waals surface area contributed by atoms with Gasteiger partial charge in [0.15, 0.2) is 0 Å². The summed E-state index contributed by atoms with van der Waals surface area (Å²) in [5, 5.41) is 7.83. The molecule has 3 rings (SSSR count). The van der Waals surface area contributed by atoms with Crippen LogP contribution in [0.5, 0.6) is 5.75 Å². The number of ether oxygens (including phenoxy) is 4. The first-order valence-electron chi connectivity index (χ1n) is 14.1. The van der Waals surface area contributed by atoms with E-state index in [1.165, 1.54) is 17.8 Å².